The van der Waals surface area contributed by atoms with Crippen molar-refractivity contribution in [2.45, 2.75) is 5.75 Å². The minimum atomic E-state index is -3.59. The third-order valence-electron chi connectivity index (χ3n) is 1.69. The van der Waals surface area contributed by atoms with Crippen LogP contribution in [0.1, 0.15) is 5.69 Å². The Morgan fingerprint density at radius 3 is 2.57 bits per heavy atom. The molecule has 0 aliphatic carbocycles. The monoisotopic (exact) mass is 231 g/mol. The van der Waals surface area contributed by atoms with E-state index < -0.39 is 9.05 Å². The van der Waals surface area contributed by atoms with E-state index in [1.807, 2.05) is 0 Å². The van der Waals surface area contributed by atoms with Crippen molar-refractivity contribution in [3.8, 4) is 0 Å². The molecule has 14 heavy (non-hydrogen) atoms. The van der Waals surface area contributed by atoms with Crippen LogP contribution < -0.4 is 0 Å². The molecule has 0 amide bonds. The Morgan fingerprint density at radius 1 is 1.29 bits per heavy atom. The van der Waals surface area contributed by atoms with Gasteiger partial charge in [0.05, 0.1) is 5.69 Å². The Balaban J connectivity index is 2.57. The number of halogens is 1. The highest BCUT2D eigenvalue weighted by Crippen LogP contribution is 2.11. The lowest BCUT2D eigenvalue weighted by atomic mass is 10.5. The number of hydrogen-bond acceptors (Lipinski definition) is 4. The minimum Gasteiger partial charge on any atom is -0.304 e. The average molecular weight is 232 g/mol. The Hall–Kier alpha value is -1.14. The molecule has 7 heteroatoms. The second-order valence-electron chi connectivity index (χ2n) is 2.72. The second-order valence-corrected chi connectivity index (χ2v) is 5.49. The van der Waals surface area contributed by atoms with E-state index in [9.17, 15) is 8.42 Å². The Labute approximate surface area is 84.8 Å². The molecule has 74 valence electrons. The van der Waals surface area contributed by atoms with Gasteiger partial charge < -0.3 is 4.40 Å². The molecule has 0 atom stereocenters. The van der Waals surface area contributed by atoms with Crippen LogP contribution in [0, 0.1) is 0 Å². The van der Waals surface area contributed by atoms with Gasteiger partial charge in [-0.3, -0.25) is 4.98 Å². The Bertz CT molecular complexity index is 563. The van der Waals surface area contributed by atoms with Gasteiger partial charge in [0, 0.05) is 35.5 Å². The van der Waals surface area contributed by atoms with Crippen LogP contribution in [-0.4, -0.2) is 22.8 Å². The maximum absolute atomic E-state index is 10.9. The minimum absolute atomic E-state index is 0.310. The van der Waals surface area contributed by atoms with Crippen molar-refractivity contribution < 1.29 is 8.42 Å². The SMILES string of the molecule is O=S(=O)(Cl)Cc1nccn2ccnc12. The average Bonchev–Trinajstić information content (AvgIpc) is 2.49. The zero-order chi connectivity index (χ0) is 10.2. The molecule has 0 radical (unpaired) electrons. The van der Waals surface area contributed by atoms with Gasteiger partial charge in [0.15, 0.2) is 5.65 Å². The van der Waals surface area contributed by atoms with Crippen LogP contribution >= 0.6 is 10.7 Å². The van der Waals surface area contributed by atoms with E-state index in [1.54, 1.807) is 23.0 Å². The fourth-order valence-electron chi connectivity index (χ4n) is 1.17. The highest BCUT2D eigenvalue weighted by Gasteiger charge is 2.12. The lowest BCUT2D eigenvalue weighted by molar-refractivity contribution is 0.608. The second kappa shape index (κ2) is 3.21. The Kier molecular flexibility index (Phi) is 2.16. The van der Waals surface area contributed by atoms with Crippen molar-refractivity contribution in [2.24, 2.45) is 0 Å². The molecule has 2 rings (SSSR count). The summed E-state index contributed by atoms with van der Waals surface area (Å²) in [5, 5.41) is 0. The summed E-state index contributed by atoms with van der Waals surface area (Å²) in [6.45, 7) is 0. The molecule has 5 nitrogen and oxygen atoms in total. The molecule has 0 spiro atoms. The largest absolute Gasteiger partial charge is 0.304 e. The van der Waals surface area contributed by atoms with Gasteiger partial charge in [0.25, 0.3) is 0 Å². The standard InChI is InChI=1S/C7H6ClN3O2S/c8-14(12,13)5-6-7-10-2-4-11(7)3-1-9-6/h1-4H,5H2. The van der Waals surface area contributed by atoms with Crippen LogP contribution in [0.15, 0.2) is 24.8 Å². The summed E-state index contributed by atoms with van der Waals surface area (Å²) >= 11 is 0. The molecule has 0 bridgehead atoms. The zero-order valence-electron chi connectivity index (χ0n) is 6.96. The lowest BCUT2D eigenvalue weighted by Gasteiger charge is -1.99. The van der Waals surface area contributed by atoms with Crippen LogP contribution in [0.25, 0.3) is 5.65 Å². The first-order chi connectivity index (χ1) is 6.56. The first-order valence-corrected chi connectivity index (χ1v) is 6.23. The Morgan fingerprint density at radius 2 is 1.93 bits per heavy atom. The smallest absolute Gasteiger partial charge is 0.238 e. The molecule has 0 N–H and O–H groups in total. The molecular formula is C7H6ClN3O2S. The van der Waals surface area contributed by atoms with E-state index in [2.05, 4.69) is 9.97 Å². The molecular weight excluding hydrogens is 226 g/mol. The van der Waals surface area contributed by atoms with Gasteiger partial charge in [-0.1, -0.05) is 0 Å². The van der Waals surface area contributed by atoms with Gasteiger partial charge in [-0.05, 0) is 0 Å². The van der Waals surface area contributed by atoms with E-state index in [-0.39, 0.29) is 5.75 Å². The van der Waals surface area contributed by atoms with Gasteiger partial charge >= 0.3 is 0 Å². The van der Waals surface area contributed by atoms with Crippen molar-refractivity contribution in [2.75, 3.05) is 0 Å². The lowest BCUT2D eigenvalue weighted by Crippen LogP contribution is -2.01. The number of rotatable bonds is 2. The predicted molar refractivity (Wildman–Crippen MR) is 51.5 cm³/mol. The molecule has 0 saturated heterocycles. The summed E-state index contributed by atoms with van der Waals surface area (Å²) in [5.74, 6) is -0.310. The predicted octanol–water partition coefficient (Wildman–Crippen LogP) is 0.798. The van der Waals surface area contributed by atoms with Crippen molar-refractivity contribution in [3.63, 3.8) is 0 Å². The fraction of sp³-hybridized carbons (Fsp3) is 0.143. The molecule has 2 heterocycles. The van der Waals surface area contributed by atoms with Gasteiger partial charge in [0.2, 0.25) is 9.05 Å². The highest BCUT2D eigenvalue weighted by molar-refractivity contribution is 8.13. The topological polar surface area (TPSA) is 64.3 Å². The van der Waals surface area contributed by atoms with Gasteiger partial charge in [-0.15, -0.1) is 0 Å². The number of aromatic nitrogens is 3. The van der Waals surface area contributed by atoms with E-state index in [4.69, 9.17) is 10.7 Å². The maximum atomic E-state index is 10.9. The van der Waals surface area contributed by atoms with Crippen LogP contribution in [0.3, 0.4) is 0 Å². The summed E-state index contributed by atoms with van der Waals surface area (Å²) < 4.78 is 23.4. The van der Waals surface area contributed by atoms with Gasteiger partial charge in [0.1, 0.15) is 5.75 Å². The fourth-order valence-corrected chi connectivity index (χ4v) is 2.02. The van der Waals surface area contributed by atoms with Crippen LogP contribution in [0.2, 0.25) is 0 Å². The molecule has 0 aromatic carbocycles. The number of fused-ring (bicyclic) bond motifs is 1. The van der Waals surface area contributed by atoms with Gasteiger partial charge in [-0.2, -0.15) is 0 Å². The van der Waals surface area contributed by atoms with Crippen molar-refractivity contribution >= 4 is 25.4 Å². The molecule has 0 unspecified atom stereocenters. The summed E-state index contributed by atoms with van der Waals surface area (Å²) in [4.78, 5) is 7.90. The highest BCUT2D eigenvalue weighted by atomic mass is 35.7. The summed E-state index contributed by atoms with van der Waals surface area (Å²) in [6.07, 6.45) is 6.47. The molecule has 2 aromatic rings. The van der Waals surface area contributed by atoms with E-state index in [1.165, 1.54) is 6.20 Å². The third kappa shape index (κ3) is 1.85. The molecule has 2 aromatic heterocycles. The third-order valence-corrected chi connectivity index (χ3v) is 2.64. The number of nitrogens with zero attached hydrogens (tertiary/aromatic N) is 3. The van der Waals surface area contributed by atoms with Crippen molar-refractivity contribution in [1.29, 1.82) is 0 Å². The van der Waals surface area contributed by atoms with Crippen LogP contribution in [-0.2, 0) is 14.8 Å². The summed E-state index contributed by atoms with van der Waals surface area (Å²) in [7, 11) is 1.54. The molecule has 0 aliphatic rings. The van der Waals surface area contributed by atoms with E-state index >= 15 is 0 Å². The normalized spacial score (nSPS) is 12.1. The van der Waals surface area contributed by atoms with Crippen molar-refractivity contribution in [3.05, 3.63) is 30.5 Å². The molecule has 0 saturated carbocycles. The van der Waals surface area contributed by atoms with Crippen molar-refractivity contribution in [1.82, 2.24) is 14.4 Å². The van der Waals surface area contributed by atoms with Gasteiger partial charge in [-0.25, -0.2) is 13.4 Å². The first-order valence-electron chi connectivity index (χ1n) is 3.75. The van der Waals surface area contributed by atoms with E-state index in [0.717, 1.165) is 0 Å². The number of hydrogen-bond donors (Lipinski definition) is 0. The quantitative estimate of drug-likeness (QED) is 0.717. The van der Waals surface area contributed by atoms with Crippen LogP contribution in [0.5, 0.6) is 0 Å². The number of imidazole rings is 1. The molecule has 0 aliphatic heterocycles. The maximum Gasteiger partial charge on any atom is 0.238 e. The molecule has 0 fully saturated rings. The van der Waals surface area contributed by atoms with Crippen LogP contribution in [0.4, 0.5) is 0 Å². The van der Waals surface area contributed by atoms with E-state index in [0.29, 0.717) is 11.3 Å². The first kappa shape index (κ1) is 9.42. The summed E-state index contributed by atoms with van der Waals surface area (Å²) in [6, 6.07) is 0. The zero-order valence-corrected chi connectivity index (χ0v) is 8.53. The summed E-state index contributed by atoms with van der Waals surface area (Å²) in [5.41, 5.74) is 0.865.